The van der Waals surface area contributed by atoms with E-state index in [-0.39, 0.29) is 23.2 Å². The molecule has 0 bridgehead atoms. The molecule has 2 unspecified atom stereocenters. The number of hydrogen-bond acceptors (Lipinski definition) is 5. The standard InChI is InChI=1S/C32H55NO4SSi/c1-8-9-10-11-12-16-22-29(34)31(38(35,36)27-19-14-13-15-20-27)28-21-17-18-26-23-24-30(25(2)33(26)28)37-39(6,7)32(3,4)5/h13-16,19-20,22,25-26,28-31,34H,8-12,17-18,21,23-24H2,1-7H3/b22-16+/t25-,26-,28-,29?,30+,31?/m0/s1. The molecule has 2 aliphatic heterocycles. The summed E-state index contributed by atoms with van der Waals surface area (Å²) in [4.78, 5) is 2.75. The van der Waals surface area contributed by atoms with E-state index in [0.717, 1.165) is 51.4 Å². The zero-order valence-corrected chi connectivity index (χ0v) is 27.4. The van der Waals surface area contributed by atoms with Crippen LogP contribution in [0, 0.1) is 0 Å². The van der Waals surface area contributed by atoms with Crippen LogP contribution in [-0.4, -0.2) is 62.3 Å². The van der Waals surface area contributed by atoms with Crippen molar-refractivity contribution in [3.05, 3.63) is 42.5 Å². The maximum atomic E-state index is 14.2. The molecule has 5 nitrogen and oxygen atoms in total. The van der Waals surface area contributed by atoms with Gasteiger partial charge < -0.3 is 9.53 Å². The molecular formula is C32H55NO4SSi. The molecule has 7 heteroatoms. The molecule has 39 heavy (non-hydrogen) atoms. The summed E-state index contributed by atoms with van der Waals surface area (Å²) in [6.07, 6.45) is 13.1. The van der Waals surface area contributed by atoms with Crippen LogP contribution in [0.3, 0.4) is 0 Å². The Kier molecular flexibility index (Phi) is 11.5. The Labute approximate surface area is 240 Å². The second-order valence-corrected chi connectivity index (χ2v) is 20.3. The maximum Gasteiger partial charge on any atom is 0.192 e. The second-order valence-electron chi connectivity index (χ2n) is 13.4. The first-order chi connectivity index (χ1) is 18.3. The first kappa shape index (κ1) is 32.5. The van der Waals surface area contributed by atoms with Crippen molar-refractivity contribution < 1.29 is 18.0 Å². The van der Waals surface area contributed by atoms with Crippen molar-refractivity contribution in [1.82, 2.24) is 4.90 Å². The lowest BCUT2D eigenvalue weighted by atomic mass is 9.82. The molecule has 2 aliphatic rings. The smallest absolute Gasteiger partial charge is 0.192 e. The monoisotopic (exact) mass is 577 g/mol. The van der Waals surface area contributed by atoms with Gasteiger partial charge in [-0.2, -0.15) is 0 Å². The van der Waals surface area contributed by atoms with Crippen molar-refractivity contribution in [3.63, 3.8) is 0 Å². The number of sulfone groups is 1. The van der Waals surface area contributed by atoms with Crippen molar-refractivity contribution in [2.75, 3.05) is 0 Å². The lowest BCUT2D eigenvalue weighted by Gasteiger charge is -2.55. The third kappa shape index (κ3) is 7.85. The summed E-state index contributed by atoms with van der Waals surface area (Å²) in [5.41, 5.74) is 0. The largest absolute Gasteiger partial charge is 0.412 e. The Bertz CT molecular complexity index is 1020. The minimum absolute atomic E-state index is 0.0778. The number of fused-ring (bicyclic) bond motifs is 1. The maximum absolute atomic E-state index is 14.2. The quantitative estimate of drug-likeness (QED) is 0.158. The van der Waals surface area contributed by atoms with Gasteiger partial charge in [-0.15, -0.1) is 0 Å². The number of aliphatic hydroxyl groups is 1. The summed E-state index contributed by atoms with van der Waals surface area (Å²) in [7, 11) is -5.76. The number of unbranched alkanes of at least 4 members (excludes halogenated alkanes) is 4. The van der Waals surface area contributed by atoms with E-state index in [1.165, 1.54) is 12.8 Å². The Balaban J connectivity index is 1.94. The van der Waals surface area contributed by atoms with Crippen LogP contribution in [0.2, 0.25) is 18.1 Å². The van der Waals surface area contributed by atoms with Gasteiger partial charge in [0.05, 0.1) is 17.1 Å². The average Bonchev–Trinajstić information content (AvgIpc) is 2.87. The van der Waals surface area contributed by atoms with Gasteiger partial charge in [0.1, 0.15) is 5.25 Å². The average molecular weight is 578 g/mol. The molecule has 1 N–H and O–H groups in total. The SMILES string of the molecule is CCCCCC/C=C/C(O)C([C@@H]1CCC[C@H]2CC[C@@H](O[Si](C)(C)C(C)(C)C)[C@H](C)N21)S(=O)(=O)c1ccccc1. The fourth-order valence-electron chi connectivity index (χ4n) is 6.32. The van der Waals surface area contributed by atoms with E-state index in [1.54, 1.807) is 30.3 Å². The number of piperidine rings is 2. The molecule has 2 fully saturated rings. The van der Waals surface area contributed by atoms with Crippen molar-refractivity contribution in [1.29, 1.82) is 0 Å². The van der Waals surface area contributed by atoms with Crippen molar-refractivity contribution in [3.8, 4) is 0 Å². The van der Waals surface area contributed by atoms with E-state index in [0.29, 0.717) is 10.9 Å². The summed E-state index contributed by atoms with van der Waals surface area (Å²) in [5.74, 6) is 0. The van der Waals surface area contributed by atoms with Crippen LogP contribution < -0.4 is 0 Å². The Hall–Kier alpha value is -0.993. The van der Waals surface area contributed by atoms with Gasteiger partial charge in [0.25, 0.3) is 0 Å². The fraction of sp³-hybridized carbons (Fsp3) is 0.750. The molecule has 1 aromatic rings. The van der Waals surface area contributed by atoms with Gasteiger partial charge in [0.2, 0.25) is 0 Å². The molecule has 0 aliphatic carbocycles. The van der Waals surface area contributed by atoms with Gasteiger partial charge in [-0.1, -0.05) is 83.7 Å². The number of aliphatic hydroxyl groups excluding tert-OH is 1. The summed E-state index contributed by atoms with van der Waals surface area (Å²) < 4.78 is 35.4. The highest BCUT2D eigenvalue weighted by Crippen LogP contribution is 2.43. The van der Waals surface area contributed by atoms with Gasteiger partial charge in [0, 0.05) is 18.1 Å². The summed E-state index contributed by atoms with van der Waals surface area (Å²) >= 11 is 0. The zero-order chi connectivity index (χ0) is 28.8. The minimum Gasteiger partial charge on any atom is -0.412 e. The Morgan fingerprint density at radius 1 is 1.08 bits per heavy atom. The van der Waals surface area contributed by atoms with Crippen molar-refractivity contribution in [2.24, 2.45) is 0 Å². The molecule has 0 saturated carbocycles. The summed E-state index contributed by atoms with van der Waals surface area (Å²) in [6, 6.07) is 8.91. The van der Waals surface area contributed by atoms with Crippen LogP contribution in [0.1, 0.15) is 98.8 Å². The van der Waals surface area contributed by atoms with Crippen molar-refractivity contribution >= 4 is 18.2 Å². The van der Waals surface area contributed by atoms with Gasteiger partial charge in [-0.05, 0) is 75.7 Å². The van der Waals surface area contributed by atoms with Crippen LogP contribution >= 0.6 is 0 Å². The highest BCUT2D eigenvalue weighted by molar-refractivity contribution is 7.92. The van der Waals surface area contributed by atoms with Gasteiger partial charge >= 0.3 is 0 Å². The van der Waals surface area contributed by atoms with Crippen LogP contribution in [0.15, 0.2) is 47.4 Å². The Morgan fingerprint density at radius 2 is 1.77 bits per heavy atom. The molecule has 2 saturated heterocycles. The molecule has 2 heterocycles. The second kappa shape index (κ2) is 13.8. The number of nitrogens with zero attached hydrogens (tertiary/aromatic N) is 1. The topological polar surface area (TPSA) is 66.8 Å². The van der Waals surface area contributed by atoms with E-state index in [9.17, 15) is 13.5 Å². The van der Waals surface area contributed by atoms with Crippen LogP contribution in [-0.2, 0) is 14.3 Å². The lowest BCUT2D eigenvalue weighted by Crippen LogP contribution is -2.65. The molecule has 6 atom stereocenters. The third-order valence-corrected chi connectivity index (χ3v) is 16.3. The predicted octanol–water partition coefficient (Wildman–Crippen LogP) is 7.51. The minimum atomic E-state index is -3.78. The molecule has 1 aromatic carbocycles. The number of allylic oxidation sites excluding steroid dienone is 1. The highest BCUT2D eigenvalue weighted by atomic mass is 32.2. The van der Waals surface area contributed by atoms with E-state index >= 15 is 0 Å². The predicted molar refractivity (Wildman–Crippen MR) is 165 cm³/mol. The number of benzene rings is 1. The normalized spacial score (nSPS) is 26.9. The molecule has 0 radical (unpaired) electrons. The molecule has 0 spiro atoms. The zero-order valence-electron chi connectivity index (χ0n) is 25.6. The first-order valence-corrected chi connectivity index (χ1v) is 19.9. The van der Waals surface area contributed by atoms with E-state index in [4.69, 9.17) is 4.43 Å². The molecule has 3 rings (SSSR count). The number of hydrogen-bond donors (Lipinski definition) is 1. The number of rotatable bonds is 12. The fourth-order valence-corrected chi connectivity index (χ4v) is 9.74. The summed E-state index contributed by atoms with van der Waals surface area (Å²) in [5, 5.41) is 10.8. The van der Waals surface area contributed by atoms with Crippen LogP contribution in [0.25, 0.3) is 0 Å². The van der Waals surface area contributed by atoms with Crippen LogP contribution in [0.4, 0.5) is 0 Å². The molecule has 0 amide bonds. The highest BCUT2D eigenvalue weighted by Gasteiger charge is 2.50. The Morgan fingerprint density at radius 3 is 2.41 bits per heavy atom. The van der Waals surface area contributed by atoms with Crippen molar-refractivity contribution in [2.45, 2.75) is 157 Å². The molecule has 0 aromatic heterocycles. The molecular weight excluding hydrogens is 523 g/mol. The van der Waals surface area contributed by atoms with Gasteiger partial charge in [0.15, 0.2) is 18.2 Å². The van der Waals surface area contributed by atoms with E-state index < -0.39 is 29.5 Å². The summed E-state index contributed by atoms with van der Waals surface area (Å²) in [6.45, 7) is 15.8. The van der Waals surface area contributed by atoms with Crippen LogP contribution in [0.5, 0.6) is 0 Å². The first-order valence-electron chi connectivity index (χ1n) is 15.4. The van der Waals surface area contributed by atoms with E-state index in [2.05, 4.69) is 52.6 Å². The van der Waals surface area contributed by atoms with Gasteiger partial charge in [-0.3, -0.25) is 4.90 Å². The third-order valence-electron chi connectivity index (χ3n) is 9.59. The lowest BCUT2D eigenvalue weighted by molar-refractivity contribution is -0.0591. The van der Waals surface area contributed by atoms with E-state index in [1.807, 2.05) is 12.1 Å². The molecule has 222 valence electrons. The van der Waals surface area contributed by atoms with Gasteiger partial charge in [-0.25, -0.2) is 8.42 Å².